The summed E-state index contributed by atoms with van der Waals surface area (Å²) < 4.78 is 5.04. The molecule has 0 aliphatic carbocycles. The summed E-state index contributed by atoms with van der Waals surface area (Å²) in [7, 11) is 0. The number of carboxylic acids is 1. The van der Waals surface area contributed by atoms with E-state index in [1.54, 1.807) is 18.2 Å². The molecule has 1 heterocycles. The molecular weight excluding hydrogens is 254 g/mol. The highest BCUT2D eigenvalue weighted by atomic mass is 16.5. The molecule has 0 saturated carbocycles. The fourth-order valence-electron chi connectivity index (χ4n) is 1.27. The van der Waals surface area contributed by atoms with Crippen molar-refractivity contribution < 1.29 is 19.4 Å². The number of amides is 1. The number of aromatic nitrogens is 4. The Bertz CT molecular complexity index is 583. The van der Waals surface area contributed by atoms with Crippen molar-refractivity contribution in [2.75, 3.05) is 11.9 Å². The number of para-hydroxylation sites is 2. The molecule has 0 radical (unpaired) electrons. The number of rotatable bonds is 5. The zero-order valence-electron chi connectivity index (χ0n) is 9.53. The summed E-state index contributed by atoms with van der Waals surface area (Å²) in [5.74, 6) is -1.59. The summed E-state index contributed by atoms with van der Waals surface area (Å²) >= 11 is 0. The van der Waals surface area contributed by atoms with Gasteiger partial charge in [0, 0.05) is 0 Å². The lowest BCUT2D eigenvalue weighted by Gasteiger charge is -2.09. The molecule has 0 aliphatic rings. The van der Waals surface area contributed by atoms with Crippen molar-refractivity contribution >= 4 is 17.6 Å². The first-order valence-electron chi connectivity index (χ1n) is 5.15. The molecule has 0 aliphatic heterocycles. The number of benzene rings is 1. The summed E-state index contributed by atoms with van der Waals surface area (Å²) in [5, 5.41) is 23.5. The molecule has 0 unspecified atom stereocenters. The Kier molecular flexibility index (Phi) is 3.67. The lowest BCUT2D eigenvalue weighted by molar-refractivity contribution is -0.139. The van der Waals surface area contributed by atoms with E-state index < -0.39 is 18.5 Å². The van der Waals surface area contributed by atoms with Crippen LogP contribution < -0.4 is 10.1 Å². The Labute approximate surface area is 106 Å². The number of hydrogen-bond acceptors (Lipinski definition) is 6. The number of carboxylic acid groups (broad SMARTS) is 1. The molecule has 1 aromatic carbocycles. The summed E-state index contributed by atoms with van der Waals surface area (Å²) in [6, 6.07) is 6.42. The van der Waals surface area contributed by atoms with Crippen LogP contribution in [0, 0.1) is 0 Å². The molecule has 1 amide bonds. The lowest BCUT2D eigenvalue weighted by Crippen LogP contribution is -2.16. The van der Waals surface area contributed by atoms with Crippen molar-refractivity contribution in [2.24, 2.45) is 0 Å². The van der Waals surface area contributed by atoms with Crippen LogP contribution in [0.3, 0.4) is 0 Å². The average Bonchev–Trinajstić information content (AvgIpc) is 2.91. The number of hydrogen-bond donors (Lipinski definition) is 3. The van der Waals surface area contributed by atoms with E-state index in [4.69, 9.17) is 9.84 Å². The van der Waals surface area contributed by atoms with Crippen LogP contribution in [0.5, 0.6) is 5.75 Å². The number of nitrogens with zero attached hydrogens (tertiary/aromatic N) is 3. The van der Waals surface area contributed by atoms with Crippen LogP contribution in [0.1, 0.15) is 10.6 Å². The van der Waals surface area contributed by atoms with E-state index in [9.17, 15) is 9.59 Å². The maximum absolute atomic E-state index is 11.7. The first kappa shape index (κ1) is 12.5. The van der Waals surface area contributed by atoms with E-state index in [2.05, 4.69) is 25.9 Å². The number of ether oxygens (including phenoxy) is 1. The molecule has 19 heavy (non-hydrogen) atoms. The normalized spacial score (nSPS) is 9.89. The number of H-pyrrole nitrogens is 1. The highest BCUT2D eigenvalue weighted by Crippen LogP contribution is 2.23. The highest BCUT2D eigenvalue weighted by molar-refractivity contribution is 6.02. The van der Waals surface area contributed by atoms with Crippen molar-refractivity contribution in [1.82, 2.24) is 20.6 Å². The Morgan fingerprint density at radius 1 is 1.37 bits per heavy atom. The van der Waals surface area contributed by atoms with Crippen molar-refractivity contribution in [3.63, 3.8) is 0 Å². The van der Waals surface area contributed by atoms with Crippen molar-refractivity contribution in [3.05, 3.63) is 30.1 Å². The second-order valence-corrected chi connectivity index (χ2v) is 3.37. The number of carbonyl (C=O) groups is 2. The standard InChI is InChI=1S/C10H9N5O4/c16-8(17)5-19-7-4-2-1-3-6(7)11-10(18)9-12-14-15-13-9/h1-4H,5H2,(H,11,18)(H,16,17)(H,12,13,14,15). The second kappa shape index (κ2) is 5.58. The van der Waals surface area contributed by atoms with E-state index in [0.717, 1.165) is 0 Å². The minimum atomic E-state index is -1.11. The van der Waals surface area contributed by atoms with Crippen molar-refractivity contribution in [2.45, 2.75) is 0 Å². The number of aliphatic carboxylic acids is 1. The van der Waals surface area contributed by atoms with E-state index in [1.807, 2.05) is 0 Å². The minimum absolute atomic E-state index is 0.131. The Balaban J connectivity index is 2.11. The van der Waals surface area contributed by atoms with Crippen LogP contribution in [0.15, 0.2) is 24.3 Å². The third-order valence-corrected chi connectivity index (χ3v) is 2.03. The number of carbonyl (C=O) groups excluding carboxylic acids is 1. The largest absolute Gasteiger partial charge is 0.480 e. The number of tetrazole rings is 1. The molecule has 2 aromatic rings. The summed E-state index contributed by atoms with van der Waals surface area (Å²) in [5.41, 5.74) is 0.318. The van der Waals surface area contributed by atoms with Crippen LogP contribution in [0.4, 0.5) is 5.69 Å². The van der Waals surface area contributed by atoms with E-state index >= 15 is 0 Å². The number of anilines is 1. The van der Waals surface area contributed by atoms with Gasteiger partial charge in [-0.1, -0.05) is 12.1 Å². The van der Waals surface area contributed by atoms with Gasteiger partial charge in [-0.2, -0.15) is 5.21 Å². The van der Waals surface area contributed by atoms with Crippen LogP contribution in [0.2, 0.25) is 0 Å². The molecule has 9 heteroatoms. The molecule has 1 aromatic heterocycles. The first-order chi connectivity index (χ1) is 9.16. The van der Waals surface area contributed by atoms with Crippen molar-refractivity contribution in [3.8, 4) is 5.75 Å². The zero-order valence-corrected chi connectivity index (χ0v) is 9.53. The molecule has 0 fully saturated rings. The molecular formula is C10H9N5O4. The lowest BCUT2D eigenvalue weighted by atomic mass is 10.3. The smallest absolute Gasteiger partial charge is 0.341 e. The van der Waals surface area contributed by atoms with Crippen LogP contribution in [0.25, 0.3) is 0 Å². The third-order valence-electron chi connectivity index (χ3n) is 2.03. The van der Waals surface area contributed by atoms with Gasteiger partial charge in [0.05, 0.1) is 5.69 Å². The maximum atomic E-state index is 11.7. The fraction of sp³-hybridized carbons (Fsp3) is 0.100. The fourth-order valence-corrected chi connectivity index (χ4v) is 1.27. The van der Waals surface area contributed by atoms with Gasteiger partial charge < -0.3 is 15.2 Å². The van der Waals surface area contributed by atoms with Crippen molar-refractivity contribution in [1.29, 1.82) is 0 Å². The van der Waals surface area contributed by atoms with Gasteiger partial charge in [0.15, 0.2) is 6.61 Å². The van der Waals surface area contributed by atoms with Gasteiger partial charge >= 0.3 is 5.97 Å². The van der Waals surface area contributed by atoms with Crippen LogP contribution in [-0.2, 0) is 4.79 Å². The highest BCUT2D eigenvalue weighted by Gasteiger charge is 2.13. The zero-order chi connectivity index (χ0) is 13.7. The number of nitrogens with one attached hydrogen (secondary N) is 2. The predicted molar refractivity (Wildman–Crippen MR) is 61.7 cm³/mol. The molecule has 0 atom stereocenters. The molecule has 0 bridgehead atoms. The molecule has 0 saturated heterocycles. The quantitative estimate of drug-likeness (QED) is 0.687. The predicted octanol–water partition coefficient (Wildman–Crippen LogP) is -0.0846. The van der Waals surface area contributed by atoms with Gasteiger partial charge in [-0.3, -0.25) is 4.79 Å². The molecule has 9 nitrogen and oxygen atoms in total. The molecule has 98 valence electrons. The van der Waals surface area contributed by atoms with Crippen LogP contribution in [-0.4, -0.2) is 44.2 Å². The topological polar surface area (TPSA) is 130 Å². The Morgan fingerprint density at radius 2 is 2.16 bits per heavy atom. The molecule has 2 rings (SSSR count). The maximum Gasteiger partial charge on any atom is 0.341 e. The summed E-state index contributed by atoms with van der Waals surface area (Å²) in [6.07, 6.45) is 0. The average molecular weight is 263 g/mol. The van der Waals surface area contributed by atoms with Gasteiger partial charge in [-0.15, -0.1) is 10.2 Å². The minimum Gasteiger partial charge on any atom is -0.480 e. The van der Waals surface area contributed by atoms with E-state index in [0.29, 0.717) is 5.69 Å². The summed E-state index contributed by atoms with van der Waals surface area (Å²) in [6.45, 7) is -0.505. The van der Waals surface area contributed by atoms with E-state index in [-0.39, 0.29) is 11.6 Å². The van der Waals surface area contributed by atoms with Gasteiger partial charge in [-0.05, 0) is 17.3 Å². The second-order valence-electron chi connectivity index (χ2n) is 3.37. The number of aromatic amines is 1. The van der Waals surface area contributed by atoms with Gasteiger partial charge in [0.25, 0.3) is 11.7 Å². The molecule has 3 N–H and O–H groups in total. The first-order valence-corrected chi connectivity index (χ1v) is 5.15. The SMILES string of the molecule is O=C(O)COc1ccccc1NC(=O)c1nn[nH]n1. The molecule has 0 spiro atoms. The Morgan fingerprint density at radius 3 is 2.84 bits per heavy atom. The monoisotopic (exact) mass is 263 g/mol. The van der Waals surface area contributed by atoms with Gasteiger partial charge in [0.1, 0.15) is 5.75 Å². The third kappa shape index (κ3) is 3.25. The Hall–Kier alpha value is -2.97. The summed E-state index contributed by atoms with van der Waals surface area (Å²) in [4.78, 5) is 22.1. The van der Waals surface area contributed by atoms with E-state index in [1.165, 1.54) is 6.07 Å². The van der Waals surface area contributed by atoms with Gasteiger partial charge in [0.2, 0.25) is 0 Å². The van der Waals surface area contributed by atoms with Gasteiger partial charge in [-0.25, -0.2) is 4.79 Å². The van der Waals surface area contributed by atoms with Crippen LogP contribution >= 0.6 is 0 Å².